The summed E-state index contributed by atoms with van der Waals surface area (Å²) in [5, 5.41) is 20.9. The summed E-state index contributed by atoms with van der Waals surface area (Å²) < 4.78 is 4.91. The number of nitrogens with two attached hydrogens (primary N) is 1. The summed E-state index contributed by atoms with van der Waals surface area (Å²) >= 11 is 0. The van der Waals surface area contributed by atoms with Gasteiger partial charge in [-0.3, -0.25) is 10.1 Å². The Bertz CT molecular complexity index is 2510. The standard InChI is InChI=1S/C50H58N8O4/c1-47(2,3)40(56-44(59)49(51)26-36(49)32-14-10-8-11-15-32)42-52-28-38(54-42)34-22-18-30(19-23-34)31-20-24-35(25-21-31)39-29-53-43(55-39)41(48(4,5)6)57-45(60)50(58-46(61)62-7)27-37(50)33-16-12-9-13-17-33/h8-25,28-29,36-37,40-41,44,56,59H,26-27,51H2,1-7H3,(H,52,54)(H,53,55)(H,57,60)(H,58,61)/t36-,37-,40-,41-,44?,49-,50-/m1/s1. The Balaban J connectivity index is 0.935. The Labute approximate surface area is 363 Å². The second kappa shape index (κ2) is 16.3. The molecule has 0 bridgehead atoms. The number of aliphatic hydroxyl groups excluding tert-OH is 1. The average Bonchev–Trinajstić information content (AvgIpc) is 3.98. The van der Waals surface area contributed by atoms with Crippen molar-refractivity contribution in [2.75, 3.05) is 7.11 Å². The maximum Gasteiger partial charge on any atom is 0.407 e. The fraction of sp³-hybridized carbons (Fsp3) is 0.360. The molecule has 322 valence electrons. The first-order chi connectivity index (χ1) is 29.5. The quantitative estimate of drug-likeness (QED) is 0.0565. The number of aliphatic hydroxyl groups is 1. The first-order valence-corrected chi connectivity index (χ1v) is 21.3. The number of benzene rings is 4. The number of ether oxygens (including phenoxy) is 1. The minimum absolute atomic E-state index is 0.0913. The zero-order valence-electron chi connectivity index (χ0n) is 36.5. The van der Waals surface area contributed by atoms with Crippen molar-refractivity contribution in [1.82, 2.24) is 35.9 Å². The molecule has 2 saturated carbocycles. The predicted octanol–water partition coefficient (Wildman–Crippen LogP) is 8.50. The van der Waals surface area contributed by atoms with Gasteiger partial charge in [0.1, 0.15) is 23.4 Å². The molecule has 8 N–H and O–H groups in total. The van der Waals surface area contributed by atoms with Gasteiger partial charge < -0.3 is 36.2 Å². The van der Waals surface area contributed by atoms with Crippen molar-refractivity contribution in [3.8, 4) is 33.6 Å². The third kappa shape index (κ3) is 8.55. The van der Waals surface area contributed by atoms with Gasteiger partial charge in [0.2, 0.25) is 5.91 Å². The average molecular weight is 835 g/mol. The van der Waals surface area contributed by atoms with Crippen molar-refractivity contribution in [2.24, 2.45) is 16.6 Å². The van der Waals surface area contributed by atoms with Crippen molar-refractivity contribution in [1.29, 1.82) is 0 Å². The summed E-state index contributed by atoms with van der Waals surface area (Å²) in [5.41, 5.74) is 11.9. The number of rotatable bonds is 13. The summed E-state index contributed by atoms with van der Waals surface area (Å²) in [6, 6.07) is 35.7. The molecule has 0 spiro atoms. The fourth-order valence-electron chi connectivity index (χ4n) is 8.68. The third-order valence-corrected chi connectivity index (χ3v) is 12.6. The van der Waals surface area contributed by atoms with E-state index in [2.05, 4.69) is 95.2 Å². The highest BCUT2D eigenvalue weighted by atomic mass is 16.5. The Morgan fingerprint density at radius 3 is 1.61 bits per heavy atom. The van der Waals surface area contributed by atoms with Crippen LogP contribution >= 0.6 is 0 Å². The number of hydrogen-bond donors (Lipinski definition) is 7. The minimum atomic E-state index is -1.13. The number of hydrogen-bond acceptors (Lipinski definition) is 8. The van der Waals surface area contributed by atoms with Gasteiger partial charge in [0.05, 0.1) is 36.1 Å². The van der Waals surface area contributed by atoms with E-state index < -0.39 is 34.9 Å². The van der Waals surface area contributed by atoms with Crippen LogP contribution in [-0.4, -0.2) is 61.5 Å². The van der Waals surface area contributed by atoms with E-state index in [1.807, 2.05) is 93.8 Å². The predicted molar refractivity (Wildman–Crippen MR) is 242 cm³/mol. The van der Waals surface area contributed by atoms with Gasteiger partial charge in [0.15, 0.2) is 0 Å². The molecule has 2 aliphatic carbocycles. The van der Waals surface area contributed by atoms with Crippen LogP contribution in [0.4, 0.5) is 4.79 Å². The maximum absolute atomic E-state index is 14.1. The van der Waals surface area contributed by atoms with Gasteiger partial charge >= 0.3 is 6.09 Å². The first-order valence-electron chi connectivity index (χ1n) is 21.3. The molecule has 62 heavy (non-hydrogen) atoms. The largest absolute Gasteiger partial charge is 0.453 e. The lowest BCUT2D eigenvalue weighted by Crippen LogP contribution is -2.52. The number of aromatic amines is 2. The lowest BCUT2D eigenvalue weighted by molar-refractivity contribution is -0.125. The third-order valence-electron chi connectivity index (χ3n) is 12.6. The van der Waals surface area contributed by atoms with Crippen LogP contribution < -0.4 is 21.7 Å². The minimum Gasteiger partial charge on any atom is -0.453 e. The molecule has 6 aromatic rings. The zero-order chi connectivity index (χ0) is 44.0. The zero-order valence-corrected chi connectivity index (χ0v) is 36.5. The molecule has 8 rings (SSSR count). The van der Waals surface area contributed by atoms with E-state index in [0.717, 1.165) is 50.6 Å². The highest BCUT2D eigenvalue weighted by Gasteiger charge is 2.63. The van der Waals surface area contributed by atoms with Crippen molar-refractivity contribution in [3.63, 3.8) is 0 Å². The summed E-state index contributed by atoms with van der Waals surface area (Å²) in [5.74, 6) is 0.988. The van der Waals surface area contributed by atoms with E-state index in [-0.39, 0.29) is 29.2 Å². The van der Waals surface area contributed by atoms with Gasteiger partial charge in [-0.2, -0.15) is 0 Å². The number of aromatic nitrogens is 4. The maximum atomic E-state index is 14.1. The van der Waals surface area contributed by atoms with Crippen LogP contribution in [0, 0.1) is 10.8 Å². The number of nitrogens with zero attached hydrogens (tertiary/aromatic N) is 2. The summed E-state index contributed by atoms with van der Waals surface area (Å²) in [7, 11) is 1.30. The number of methoxy groups -OCH3 is 1. The molecule has 2 heterocycles. The SMILES string of the molecule is COC(=O)N[C@]1(C(=O)N[C@H](c2nc(-c3ccc(-c4ccc(-c5c[nH]c([C@@H](NC(O)[C@@]6(N)C[C@@H]6c6ccccc6)C(C)(C)C)n5)cc4)cc3)c[nH]2)C(C)(C)C)C[C@@H]1c1ccccc1. The Kier molecular flexibility index (Phi) is 11.2. The molecule has 12 heteroatoms. The van der Waals surface area contributed by atoms with Gasteiger partial charge in [-0.1, -0.05) is 151 Å². The molecule has 12 nitrogen and oxygen atoms in total. The number of imidazole rings is 2. The van der Waals surface area contributed by atoms with Crippen LogP contribution in [0.5, 0.6) is 0 Å². The summed E-state index contributed by atoms with van der Waals surface area (Å²) in [6.45, 7) is 12.5. The number of nitrogens with one attached hydrogen (secondary N) is 5. The van der Waals surface area contributed by atoms with Crippen LogP contribution in [0.3, 0.4) is 0 Å². The highest BCUT2D eigenvalue weighted by molar-refractivity contribution is 5.95. The number of carbonyl (C=O) groups excluding carboxylic acids is 2. The van der Waals surface area contributed by atoms with Crippen molar-refractivity contribution >= 4 is 12.0 Å². The molecular weight excluding hydrogens is 777 g/mol. The first kappa shape index (κ1) is 42.6. The molecule has 1 unspecified atom stereocenters. The van der Waals surface area contributed by atoms with Gasteiger partial charge in [0, 0.05) is 35.4 Å². The van der Waals surface area contributed by atoms with Crippen LogP contribution in [0.2, 0.25) is 0 Å². The topological polar surface area (TPSA) is 183 Å². The number of alkyl carbamates (subject to hydrolysis) is 1. The molecule has 4 aromatic carbocycles. The lowest BCUT2D eigenvalue weighted by Gasteiger charge is -2.34. The molecule has 0 saturated heterocycles. The molecule has 7 atom stereocenters. The molecule has 0 aliphatic heterocycles. The van der Waals surface area contributed by atoms with Crippen molar-refractivity contribution in [2.45, 2.75) is 95.6 Å². The van der Waals surface area contributed by atoms with E-state index in [9.17, 15) is 14.7 Å². The van der Waals surface area contributed by atoms with Gasteiger partial charge in [-0.25, -0.2) is 14.8 Å². The van der Waals surface area contributed by atoms with Crippen LogP contribution in [0.15, 0.2) is 122 Å². The Hall–Kier alpha value is -6.08. The summed E-state index contributed by atoms with van der Waals surface area (Å²) in [4.78, 5) is 43.2. The van der Waals surface area contributed by atoms with Gasteiger partial charge in [-0.15, -0.1) is 0 Å². The van der Waals surface area contributed by atoms with E-state index in [1.54, 1.807) is 0 Å². The highest BCUT2D eigenvalue weighted by Crippen LogP contribution is 2.53. The van der Waals surface area contributed by atoms with Crippen molar-refractivity contribution < 1.29 is 19.4 Å². The normalized spacial score (nSPS) is 22.3. The molecule has 0 radical (unpaired) electrons. The molecular formula is C50H58N8O4. The number of amides is 2. The number of carbonyl (C=O) groups is 2. The van der Waals surface area contributed by atoms with E-state index in [4.69, 9.17) is 20.4 Å². The Morgan fingerprint density at radius 2 is 1.15 bits per heavy atom. The van der Waals surface area contributed by atoms with E-state index in [0.29, 0.717) is 18.7 Å². The van der Waals surface area contributed by atoms with Crippen LogP contribution in [0.25, 0.3) is 33.6 Å². The van der Waals surface area contributed by atoms with E-state index >= 15 is 0 Å². The van der Waals surface area contributed by atoms with Crippen LogP contribution in [-0.2, 0) is 9.53 Å². The van der Waals surface area contributed by atoms with E-state index in [1.165, 1.54) is 7.11 Å². The van der Waals surface area contributed by atoms with Crippen molar-refractivity contribution in [3.05, 3.63) is 144 Å². The molecule has 2 aliphatic rings. The lowest BCUT2D eigenvalue weighted by atomic mass is 9.85. The molecule has 2 amide bonds. The molecule has 2 aromatic heterocycles. The fourth-order valence-corrected chi connectivity index (χ4v) is 8.68. The van der Waals surface area contributed by atoms with Crippen LogP contribution in [0.1, 0.15) is 101 Å². The monoisotopic (exact) mass is 834 g/mol. The molecule has 2 fully saturated rings. The smallest absolute Gasteiger partial charge is 0.407 e. The summed E-state index contributed by atoms with van der Waals surface area (Å²) in [6.07, 6.45) is 3.38. The Morgan fingerprint density at radius 1 is 0.694 bits per heavy atom. The number of H-pyrrole nitrogens is 2. The van der Waals surface area contributed by atoms with Gasteiger partial charge in [-0.05, 0) is 45.9 Å². The van der Waals surface area contributed by atoms with Gasteiger partial charge in [0.25, 0.3) is 0 Å². The second-order valence-corrected chi connectivity index (χ2v) is 19.2. The second-order valence-electron chi connectivity index (χ2n) is 19.2.